The SMILES string of the molecule is Cc1cccc(C2=NCCc3c(C)cccc32)c1. The van der Waals surface area contributed by atoms with E-state index in [0.717, 1.165) is 18.7 Å². The van der Waals surface area contributed by atoms with E-state index in [0.29, 0.717) is 0 Å². The molecule has 0 amide bonds. The summed E-state index contributed by atoms with van der Waals surface area (Å²) in [6, 6.07) is 15.1. The van der Waals surface area contributed by atoms with Crippen LogP contribution >= 0.6 is 0 Å². The Labute approximate surface area is 108 Å². The molecule has 0 radical (unpaired) electrons. The van der Waals surface area contributed by atoms with E-state index in [9.17, 15) is 0 Å². The number of aryl methyl sites for hydroxylation is 2. The molecule has 2 aromatic rings. The van der Waals surface area contributed by atoms with Crippen molar-refractivity contribution in [3.63, 3.8) is 0 Å². The van der Waals surface area contributed by atoms with E-state index in [1.54, 1.807) is 0 Å². The summed E-state index contributed by atoms with van der Waals surface area (Å²) in [5.41, 5.74) is 7.84. The van der Waals surface area contributed by atoms with Crippen molar-refractivity contribution in [2.24, 2.45) is 4.99 Å². The topological polar surface area (TPSA) is 12.4 Å². The van der Waals surface area contributed by atoms with Gasteiger partial charge in [0.05, 0.1) is 5.71 Å². The quantitative estimate of drug-likeness (QED) is 0.714. The van der Waals surface area contributed by atoms with Crippen molar-refractivity contribution in [1.29, 1.82) is 0 Å². The largest absolute Gasteiger partial charge is 0.284 e. The molecule has 0 aromatic heterocycles. The number of aliphatic imine (C=N–C) groups is 1. The van der Waals surface area contributed by atoms with Crippen molar-refractivity contribution in [2.75, 3.05) is 6.54 Å². The second kappa shape index (κ2) is 4.41. The van der Waals surface area contributed by atoms with Crippen LogP contribution in [0.2, 0.25) is 0 Å². The first-order valence-corrected chi connectivity index (χ1v) is 6.46. The standard InChI is InChI=1S/C17H17N/c1-12-5-3-7-14(11-12)17-16-8-4-6-13(2)15(16)9-10-18-17/h3-8,11H,9-10H2,1-2H3. The minimum atomic E-state index is 0.904. The van der Waals surface area contributed by atoms with Gasteiger partial charge in [0.1, 0.15) is 0 Å². The number of fused-ring (bicyclic) bond motifs is 1. The molecule has 0 unspecified atom stereocenters. The molecule has 3 rings (SSSR count). The van der Waals surface area contributed by atoms with E-state index in [4.69, 9.17) is 4.99 Å². The predicted molar refractivity (Wildman–Crippen MR) is 76.6 cm³/mol. The van der Waals surface area contributed by atoms with Gasteiger partial charge in [0.15, 0.2) is 0 Å². The van der Waals surface area contributed by atoms with Gasteiger partial charge >= 0.3 is 0 Å². The van der Waals surface area contributed by atoms with Gasteiger partial charge in [-0.05, 0) is 37.5 Å². The maximum absolute atomic E-state index is 4.74. The van der Waals surface area contributed by atoms with E-state index >= 15 is 0 Å². The van der Waals surface area contributed by atoms with Crippen LogP contribution < -0.4 is 0 Å². The predicted octanol–water partition coefficient (Wildman–Crippen LogP) is 3.70. The number of hydrogen-bond acceptors (Lipinski definition) is 1. The molecule has 18 heavy (non-hydrogen) atoms. The number of nitrogens with zero attached hydrogens (tertiary/aromatic N) is 1. The van der Waals surface area contributed by atoms with Gasteiger partial charge in [-0.15, -0.1) is 0 Å². The molecule has 1 heterocycles. The summed E-state index contributed by atoms with van der Waals surface area (Å²) >= 11 is 0. The lowest BCUT2D eigenvalue weighted by Crippen LogP contribution is -2.15. The highest BCUT2D eigenvalue weighted by atomic mass is 14.7. The maximum atomic E-state index is 4.74. The Balaban J connectivity index is 2.15. The molecule has 0 saturated heterocycles. The monoisotopic (exact) mass is 235 g/mol. The smallest absolute Gasteiger partial charge is 0.0722 e. The molecular formula is C17H17N. The number of rotatable bonds is 1. The van der Waals surface area contributed by atoms with Crippen LogP contribution in [0.1, 0.15) is 27.8 Å². The molecule has 0 saturated carbocycles. The molecule has 1 nitrogen and oxygen atoms in total. The average Bonchev–Trinajstić information content (AvgIpc) is 2.39. The fourth-order valence-corrected chi connectivity index (χ4v) is 2.66. The minimum Gasteiger partial charge on any atom is -0.284 e. The highest BCUT2D eigenvalue weighted by Gasteiger charge is 2.16. The molecule has 0 fully saturated rings. The summed E-state index contributed by atoms with van der Waals surface area (Å²) in [4.78, 5) is 4.74. The lowest BCUT2D eigenvalue weighted by molar-refractivity contribution is 0.933. The third kappa shape index (κ3) is 1.86. The van der Waals surface area contributed by atoms with Crippen molar-refractivity contribution >= 4 is 5.71 Å². The Bertz CT molecular complexity index is 623. The molecule has 0 bridgehead atoms. The van der Waals surface area contributed by atoms with E-state index in [-0.39, 0.29) is 0 Å². The normalized spacial score (nSPS) is 14.0. The molecule has 0 spiro atoms. The Morgan fingerprint density at radius 1 is 1.00 bits per heavy atom. The highest BCUT2D eigenvalue weighted by Crippen LogP contribution is 2.23. The fraction of sp³-hybridized carbons (Fsp3) is 0.235. The summed E-state index contributed by atoms with van der Waals surface area (Å²) in [5, 5.41) is 0. The molecule has 2 aromatic carbocycles. The molecule has 0 aliphatic carbocycles. The van der Waals surface area contributed by atoms with E-state index in [1.807, 2.05) is 0 Å². The van der Waals surface area contributed by atoms with Crippen LogP contribution in [0.15, 0.2) is 47.5 Å². The van der Waals surface area contributed by atoms with E-state index < -0.39 is 0 Å². The van der Waals surface area contributed by atoms with Crippen LogP contribution in [0, 0.1) is 13.8 Å². The lowest BCUT2D eigenvalue weighted by atomic mass is 9.90. The molecule has 0 N–H and O–H groups in total. The van der Waals surface area contributed by atoms with Gasteiger partial charge in [0.2, 0.25) is 0 Å². The van der Waals surface area contributed by atoms with E-state index in [2.05, 4.69) is 56.3 Å². The average molecular weight is 235 g/mol. The molecule has 1 aliphatic heterocycles. The second-order valence-electron chi connectivity index (χ2n) is 4.95. The van der Waals surface area contributed by atoms with Gasteiger partial charge in [-0.1, -0.05) is 42.0 Å². The zero-order valence-corrected chi connectivity index (χ0v) is 10.9. The summed E-state index contributed by atoms with van der Waals surface area (Å²) in [6.45, 7) is 5.23. The lowest BCUT2D eigenvalue weighted by Gasteiger charge is -2.19. The molecule has 1 heteroatoms. The Morgan fingerprint density at radius 2 is 1.83 bits per heavy atom. The fourth-order valence-electron chi connectivity index (χ4n) is 2.66. The van der Waals surface area contributed by atoms with Crippen LogP contribution in [0.5, 0.6) is 0 Å². The van der Waals surface area contributed by atoms with Crippen LogP contribution in [0.25, 0.3) is 0 Å². The number of benzene rings is 2. The van der Waals surface area contributed by atoms with Gasteiger partial charge in [-0.3, -0.25) is 4.99 Å². The van der Waals surface area contributed by atoms with Crippen molar-refractivity contribution in [3.05, 3.63) is 70.3 Å². The Hall–Kier alpha value is -1.89. The molecule has 0 atom stereocenters. The Morgan fingerprint density at radius 3 is 2.67 bits per heavy atom. The van der Waals surface area contributed by atoms with Gasteiger partial charge in [0, 0.05) is 17.7 Å². The van der Waals surface area contributed by atoms with Crippen molar-refractivity contribution in [2.45, 2.75) is 20.3 Å². The van der Waals surface area contributed by atoms with Crippen molar-refractivity contribution in [1.82, 2.24) is 0 Å². The number of hydrogen-bond donors (Lipinski definition) is 0. The van der Waals surface area contributed by atoms with Crippen LogP contribution in [0.4, 0.5) is 0 Å². The minimum absolute atomic E-state index is 0.904. The van der Waals surface area contributed by atoms with Gasteiger partial charge in [0.25, 0.3) is 0 Å². The Kier molecular flexibility index (Phi) is 2.75. The van der Waals surface area contributed by atoms with Crippen LogP contribution in [-0.2, 0) is 6.42 Å². The van der Waals surface area contributed by atoms with Crippen molar-refractivity contribution in [3.8, 4) is 0 Å². The first-order valence-electron chi connectivity index (χ1n) is 6.46. The molecule has 1 aliphatic rings. The first kappa shape index (κ1) is 11.2. The van der Waals surface area contributed by atoms with Gasteiger partial charge in [-0.2, -0.15) is 0 Å². The van der Waals surface area contributed by atoms with E-state index in [1.165, 1.54) is 27.8 Å². The third-order valence-electron chi connectivity index (χ3n) is 3.59. The van der Waals surface area contributed by atoms with Gasteiger partial charge < -0.3 is 0 Å². The second-order valence-corrected chi connectivity index (χ2v) is 4.95. The zero-order chi connectivity index (χ0) is 12.5. The first-order chi connectivity index (χ1) is 8.75. The molecule has 90 valence electrons. The van der Waals surface area contributed by atoms with Crippen LogP contribution in [-0.4, -0.2) is 12.3 Å². The maximum Gasteiger partial charge on any atom is 0.0722 e. The summed E-state index contributed by atoms with van der Waals surface area (Å²) in [5.74, 6) is 0. The van der Waals surface area contributed by atoms with Gasteiger partial charge in [-0.25, -0.2) is 0 Å². The summed E-state index contributed by atoms with van der Waals surface area (Å²) in [6.07, 6.45) is 1.07. The van der Waals surface area contributed by atoms with Crippen LogP contribution in [0.3, 0.4) is 0 Å². The summed E-state index contributed by atoms with van der Waals surface area (Å²) in [7, 11) is 0. The summed E-state index contributed by atoms with van der Waals surface area (Å²) < 4.78 is 0. The molecular weight excluding hydrogens is 218 g/mol. The highest BCUT2D eigenvalue weighted by molar-refractivity contribution is 6.14. The van der Waals surface area contributed by atoms with Crippen molar-refractivity contribution < 1.29 is 0 Å². The zero-order valence-electron chi connectivity index (χ0n) is 10.9. The third-order valence-corrected chi connectivity index (χ3v) is 3.59.